The van der Waals surface area contributed by atoms with E-state index in [-0.39, 0.29) is 29.9 Å². The number of amides is 1. The minimum atomic E-state index is -3.90. The van der Waals surface area contributed by atoms with Gasteiger partial charge in [0.2, 0.25) is 15.9 Å². The minimum absolute atomic E-state index is 0.0449. The van der Waals surface area contributed by atoms with Gasteiger partial charge >= 0.3 is 0 Å². The summed E-state index contributed by atoms with van der Waals surface area (Å²) < 4.78 is 34.6. The molecule has 1 aliphatic rings. The molecule has 4 rings (SSSR count). The first kappa shape index (κ1) is 24.4. The number of nitrogens with zero attached hydrogens (tertiary/aromatic N) is 2. The van der Waals surface area contributed by atoms with Crippen LogP contribution in [0.1, 0.15) is 18.1 Å². The molecule has 3 aromatic rings. The van der Waals surface area contributed by atoms with Crippen molar-refractivity contribution in [2.45, 2.75) is 30.7 Å². The molecule has 0 aromatic heterocycles. The summed E-state index contributed by atoms with van der Waals surface area (Å²) in [6.07, 6.45) is 1.23. The fraction of sp³-hybridized carbons (Fsp3) is 0.269. The van der Waals surface area contributed by atoms with Crippen LogP contribution >= 0.6 is 15.9 Å². The number of sulfonamides is 1. The Balaban J connectivity index is 1.62. The van der Waals surface area contributed by atoms with Crippen LogP contribution < -0.4 is 9.64 Å². The third-order valence-corrected chi connectivity index (χ3v) is 8.38. The molecule has 3 aromatic carbocycles. The predicted octanol–water partition coefficient (Wildman–Crippen LogP) is 4.67. The van der Waals surface area contributed by atoms with Crippen LogP contribution in [-0.4, -0.2) is 44.9 Å². The van der Waals surface area contributed by atoms with E-state index in [4.69, 9.17) is 4.74 Å². The molecule has 178 valence electrons. The molecule has 0 N–H and O–H groups in total. The summed E-state index contributed by atoms with van der Waals surface area (Å²) in [5.74, 6) is 0.332. The Bertz CT molecular complexity index is 1260. The summed E-state index contributed by atoms with van der Waals surface area (Å²) in [5, 5.41) is 0. The number of carbonyl (C=O) groups excluding carboxylic acids is 1. The molecule has 1 amide bonds. The summed E-state index contributed by atoms with van der Waals surface area (Å²) in [7, 11) is -2.37. The Hall–Kier alpha value is -2.68. The third kappa shape index (κ3) is 5.19. The van der Waals surface area contributed by atoms with Crippen molar-refractivity contribution in [3.05, 3.63) is 88.4 Å². The lowest BCUT2D eigenvalue weighted by Crippen LogP contribution is -2.45. The van der Waals surface area contributed by atoms with E-state index in [1.54, 1.807) is 17.0 Å². The number of ether oxygens (including phenoxy) is 1. The number of benzene rings is 3. The molecule has 8 heteroatoms. The van der Waals surface area contributed by atoms with Gasteiger partial charge in [-0.2, -0.15) is 4.31 Å². The van der Waals surface area contributed by atoms with Gasteiger partial charge in [-0.05, 0) is 73.4 Å². The second-order valence-corrected chi connectivity index (χ2v) is 11.2. The Morgan fingerprint density at radius 3 is 2.47 bits per heavy atom. The van der Waals surface area contributed by atoms with Crippen LogP contribution in [0.2, 0.25) is 0 Å². The van der Waals surface area contributed by atoms with Crippen molar-refractivity contribution in [1.82, 2.24) is 4.31 Å². The molecule has 0 saturated heterocycles. The number of carbonyl (C=O) groups is 1. The van der Waals surface area contributed by atoms with Crippen LogP contribution in [0.15, 0.2) is 82.2 Å². The predicted molar refractivity (Wildman–Crippen MR) is 137 cm³/mol. The first-order valence-electron chi connectivity index (χ1n) is 11.1. The Morgan fingerprint density at radius 1 is 1.09 bits per heavy atom. The van der Waals surface area contributed by atoms with Gasteiger partial charge < -0.3 is 9.64 Å². The smallest absolute Gasteiger partial charge is 0.243 e. The summed E-state index contributed by atoms with van der Waals surface area (Å²) in [5.41, 5.74) is 2.92. The van der Waals surface area contributed by atoms with E-state index in [1.165, 1.54) is 23.5 Å². The molecule has 6 nitrogen and oxygen atoms in total. The topological polar surface area (TPSA) is 66.9 Å². The zero-order chi connectivity index (χ0) is 24.3. The highest BCUT2D eigenvalue weighted by Gasteiger charge is 2.34. The number of hydrogen-bond donors (Lipinski definition) is 0. The van der Waals surface area contributed by atoms with Gasteiger partial charge in [-0.15, -0.1) is 0 Å². The molecule has 34 heavy (non-hydrogen) atoms. The molecule has 1 aliphatic heterocycles. The van der Waals surface area contributed by atoms with E-state index in [9.17, 15) is 13.2 Å². The summed E-state index contributed by atoms with van der Waals surface area (Å²) in [6, 6.07) is 21.7. The maximum absolute atomic E-state index is 13.6. The van der Waals surface area contributed by atoms with Gasteiger partial charge in [-0.3, -0.25) is 4.79 Å². The van der Waals surface area contributed by atoms with Crippen LogP contribution in [0, 0.1) is 0 Å². The highest BCUT2D eigenvalue weighted by Crippen LogP contribution is 2.34. The van der Waals surface area contributed by atoms with Crippen LogP contribution in [0.4, 0.5) is 5.69 Å². The van der Waals surface area contributed by atoms with Gasteiger partial charge in [-0.1, -0.05) is 46.3 Å². The number of anilines is 1. The van der Waals surface area contributed by atoms with Crippen molar-refractivity contribution in [1.29, 1.82) is 0 Å². The monoisotopic (exact) mass is 542 g/mol. The van der Waals surface area contributed by atoms with E-state index in [0.29, 0.717) is 12.2 Å². The first-order chi connectivity index (χ1) is 16.3. The molecule has 0 saturated carbocycles. The zero-order valence-electron chi connectivity index (χ0n) is 19.1. The van der Waals surface area contributed by atoms with E-state index in [1.807, 2.05) is 55.5 Å². The van der Waals surface area contributed by atoms with Crippen molar-refractivity contribution in [2.75, 3.05) is 25.1 Å². The van der Waals surface area contributed by atoms with E-state index in [0.717, 1.165) is 27.7 Å². The Morgan fingerprint density at radius 2 is 1.79 bits per heavy atom. The van der Waals surface area contributed by atoms with E-state index in [2.05, 4.69) is 15.9 Å². The van der Waals surface area contributed by atoms with Crippen LogP contribution in [0.3, 0.4) is 0 Å². The fourth-order valence-electron chi connectivity index (χ4n) is 4.29. The number of halogens is 1. The van der Waals surface area contributed by atoms with Gasteiger partial charge in [-0.25, -0.2) is 8.42 Å². The summed E-state index contributed by atoms with van der Waals surface area (Å²) in [4.78, 5) is 15.3. The quantitative estimate of drug-likeness (QED) is 0.414. The van der Waals surface area contributed by atoms with Crippen LogP contribution in [0.5, 0.6) is 5.75 Å². The minimum Gasteiger partial charge on any atom is -0.497 e. The molecule has 1 heterocycles. The van der Waals surface area contributed by atoms with Gasteiger partial charge in [0.05, 0.1) is 18.6 Å². The van der Waals surface area contributed by atoms with Crippen molar-refractivity contribution in [2.24, 2.45) is 0 Å². The van der Waals surface area contributed by atoms with E-state index >= 15 is 0 Å². The zero-order valence-corrected chi connectivity index (χ0v) is 21.6. The Kier molecular flexibility index (Phi) is 7.40. The van der Waals surface area contributed by atoms with Crippen LogP contribution in [0.25, 0.3) is 0 Å². The second kappa shape index (κ2) is 10.3. The standard InChI is InChI=1S/C26H27BrN2O4S/c1-19-16-21-17-22(27)8-13-25(21)29(19)26(30)18-28(15-14-20-6-4-3-5-7-20)34(31,32)24-11-9-23(33-2)10-12-24/h3-13,17,19H,14-16,18H2,1-2H3. The molecular formula is C26H27BrN2O4S. The maximum Gasteiger partial charge on any atom is 0.243 e. The van der Waals surface area contributed by atoms with Gasteiger partial charge in [0, 0.05) is 22.7 Å². The molecule has 0 radical (unpaired) electrons. The van der Waals surface area contributed by atoms with E-state index < -0.39 is 10.0 Å². The number of hydrogen-bond acceptors (Lipinski definition) is 4. The van der Waals surface area contributed by atoms with Gasteiger partial charge in [0.15, 0.2) is 0 Å². The maximum atomic E-state index is 13.6. The number of fused-ring (bicyclic) bond motifs is 1. The molecular weight excluding hydrogens is 516 g/mol. The third-order valence-electron chi connectivity index (χ3n) is 6.03. The first-order valence-corrected chi connectivity index (χ1v) is 13.3. The molecule has 0 spiro atoms. The van der Waals surface area contributed by atoms with Gasteiger partial charge in [0.1, 0.15) is 5.75 Å². The normalized spacial score (nSPS) is 15.4. The van der Waals surface area contributed by atoms with Gasteiger partial charge in [0.25, 0.3) is 0 Å². The average molecular weight is 543 g/mol. The summed E-state index contributed by atoms with van der Waals surface area (Å²) in [6.45, 7) is 1.94. The summed E-state index contributed by atoms with van der Waals surface area (Å²) >= 11 is 3.49. The fourth-order valence-corrected chi connectivity index (χ4v) is 6.08. The lowest BCUT2D eigenvalue weighted by atomic mass is 10.1. The largest absolute Gasteiger partial charge is 0.497 e. The molecule has 0 aliphatic carbocycles. The molecule has 1 atom stereocenters. The SMILES string of the molecule is COc1ccc(S(=O)(=O)N(CCc2ccccc2)CC(=O)N2c3ccc(Br)cc3CC2C)cc1. The highest BCUT2D eigenvalue weighted by atomic mass is 79.9. The van der Waals surface area contributed by atoms with Crippen molar-refractivity contribution in [3.8, 4) is 5.75 Å². The highest BCUT2D eigenvalue weighted by molar-refractivity contribution is 9.10. The molecule has 0 fully saturated rings. The lowest BCUT2D eigenvalue weighted by molar-refractivity contribution is -0.119. The van der Waals surface area contributed by atoms with Crippen molar-refractivity contribution >= 4 is 37.5 Å². The number of rotatable bonds is 8. The lowest BCUT2D eigenvalue weighted by Gasteiger charge is -2.27. The second-order valence-electron chi connectivity index (χ2n) is 8.34. The van der Waals surface area contributed by atoms with Crippen LogP contribution in [-0.2, 0) is 27.7 Å². The van der Waals surface area contributed by atoms with Crippen molar-refractivity contribution < 1.29 is 17.9 Å². The molecule has 0 bridgehead atoms. The average Bonchev–Trinajstić information content (AvgIpc) is 3.16. The Labute approximate surface area is 209 Å². The molecule has 1 unspecified atom stereocenters. The van der Waals surface area contributed by atoms with Crippen molar-refractivity contribution in [3.63, 3.8) is 0 Å². The number of methoxy groups -OCH3 is 1.